The lowest BCUT2D eigenvalue weighted by Gasteiger charge is -2.29. The minimum atomic E-state index is -1.06. The fourth-order valence-electron chi connectivity index (χ4n) is 2.77. The highest BCUT2D eigenvalue weighted by Crippen LogP contribution is 2.28. The van der Waals surface area contributed by atoms with Gasteiger partial charge in [0, 0.05) is 9.75 Å². The fourth-order valence-corrected chi connectivity index (χ4v) is 3.66. The van der Waals surface area contributed by atoms with Gasteiger partial charge in [0.05, 0.1) is 6.42 Å². The molecule has 0 atom stereocenters. The van der Waals surface area contributed by atoms with E-state index in [4.69, 9.17) is 0 Å². The second-order valence-electron chi connectivity index (χ2n) is 5.54. The third-order valence-electron chi connectivity index (χ3n) is 3.88. The zero-order chi connectivity index (χ0) is 14.6. The Morgan fingerprint density at radius 1 is 1.25 bits per heavy atom. The molecule has 20 heavy (non-hydrogen) atoms. The lowest BCUT2D eigenvalue weighted by atomic mass is 9.90. The summed E-state index contributed by atoms with van der Waals surface area (Å²) in [7, 11) is 0. The number of amides is 1. The quantitative estimate of drug-likeness (QED) is 0.839. The minimum Gasteiger partial charge on any atom is -0.480 e. The van der Waals surface area contributed by atoms with E-state index in [-0.39, 0.29) is 12.3 Å². The first-order valence-corrected chi connectivity index (χ1v) is 7.93. The summed E-state index contributed by atoms with van der Waals surface area (Å²) in [5.41, 5.74) is -1.06. The molecule has 0 saturated heterocycles. The summed E-state index contributed by atoms with van der Waals surface area (Å²) in [6.45, 7) is 2.00. The van der Waals surface area contributed by atoms with Crippen LogP contribution in [0, 0.1) is 6.92 Å². The van der Waals surface area contributed by atoms with E-state index in [1.165, 1.54) is 0 Å². The van der Waals surface area contributed by atoms with E-state index in [1.807, 2.05) is 19.1 Å². The number of carbonyl (C=O) groups excluding carboxylic acids is 1. The van der Waals surface area contributed by atoms with E-state index >= 15 is 0 Å². The maximum absolute atomic E-state index is 12.1. The molecule has 0 aromatic carbocycles. The zero-order valence-electron chi connectivity index (χ0n) is 11.8. The van der Waals surface area contributed by atoms with Crippen molar-refractivity contribution in [2.75, 3.05) is 0 Å². The average molecular weight is 295 g/mol. The summed E-state index contributed by atoms with van der Waals surface area (Å²) in [6, 6.07) is 3.91. The number of rotatable bonds is 4. The Morgan fingerprint density at radius 2 is 1.90 bits per heavy atom. The summed E-state index contributed by atoms with van der Waals surface area (Å²) in [5, 5.41) is 12.3. The first-order chi connectivity index (χ1) is 9.52. The van der Waals surface area contributed by atoms with Crippen molar-refractivity contribution in [2.24, 2.45) is 0 Å². The maximum atomic E-state index is 12.1. The molecule has 1 aliphatic carbocycles. The normalized spacial score (nSPS) is 18.2. The Bertz CT molecular complexity index is 487. The smallest absolute Gasteiger partial charge is 0.329 e. The van der Waals surface area contributed by atoms with Crippen LogP contribution in [-0.4, -0.2) is 22.5 Å². The van der Waals surface area contributed by atoms with Crippen molar-refractivity contribution in [3.05, 3.63) is 21.9 Å². The van der Waals surface area contributed by atoms with Crippen LogP contribution < -0.4 is 5.32 Å². The Labute approximate surface area is 123 Å². The number of nitrogens with one attached hydrogen (secondary N) is 1. The Hall–Kier alpha value is -1.36. The summed E-state index contributed by atoms with van der Waals surface area (Å²) >= 11 is 1.58. The van der Waals surface area contributed by atoms with Gasteiger partial charge in [0.25, 0.3) is 0 Å². The van der Waals surface area contributed by atoms with Gasteiger partial charge in [-0.2, -0.15) is 0 Å². The molecule has 1 heterocycles. The molecule has 0 aliphatic heterocycles. The van der Waals surface area contributed by atoms with Crippen molar-refractivity contribution >= 4 is 23.2 Å². The highest BCUT2D eigenvalue weighted by molar-refractivity contribution is 7.12. The van der Waals surface area contributed by atoms with Crippen LogP contribution >= 0.6 is 11.3 Å². The molecule has 0 bridgehead atoms. The molecule has 0 unspecified atom stereocenters. The highest BCUT2D eigenvalue weighted by atomic mass is 32.1. The summed E-state index contributed by atoms with van der Waals surface area (Å²) < 4.78 is 0. The third kappa shape index (κ3) is 3.60. The molecule has 2 N–H and O–H groups in total. The molecule has 4 nitrogen and oxygen atoms in total. The van der Waals surface area contributed by atoms with Crippen molar-refractivity contribution in [1.82, 2.24) is 5.32 Å². The molecular formula is C15H21NO3S. The molecule has 1 amide bonds. The van der Waals surface area contributed by atoms with Gasteiger partial charge >= 0.3 is 5.97 Å². The summed E-state index contributed by atoms with van der Waals surface area (Å²) in [4.78, 5) is 25.9. The molecule has 1 saturated carbocycles. The van der Waals surface area contributed by atoms with Gasteiger partial charge in [-0.1, -0.05) is 25.7 Å². The van der Waals surface area contributed by atoms with E-state index in [9.17, 15) is 14.7 Å². The SMILES string of the molecule is Cc1ccc(CC(=O)NC2(C(=O)O)CCCCCC2)s1. The van der Waals surface area contributed by atoms with Gasteiger partial charge in [-0.25, -0.2) is 4.79 Å². The first kappa shape index (κ1) is 15.0. The molecule has 1 aromatic heterocycles. The van der Waals surface area contributed by atoms with Crippen LogP contribution in [0.25, 0.3) is 0 Å². The first-order valence-electron chi connectivity index (χ1n) is 7.12. The van der Waals surface area contributed by atoms with Crippen LogP contribution in [0.5, 0.6) is 0 Å². The van der Waals surface area contributed by atoms with Crippen molar-refractivity contribution in [1.29, 1.82) is 0 Å². The van der Waals surface area contributed by atoms with Crippen LogP contribution in [-0.2, 0) is 16.0 Å². The Balaban J connectivity index is 2.03. The third-order valence-corrected chi connectivity index (χ3v) is 4.88. The molecule has 2 rings (SSSR count). The number of hydrogen-bond acceptors (Lipinski definition) is 3. The van der Waals surface area contributed by atoms with Gasteiger partial charge < -0.3 is 10.4 Å². The Kier molecular flexibility index (Phi) is 4.81. The molecule has 0 radical (unpaired) electrons. The van der Waals surface area contributed by atoms with Gasteiger partial charge in [-0.3, -0.25) is 4.79 Å². The van der Waals surface area contributed by atoms with Gasteiger partial charge in [0.1, 0.15) is 5.54 Å². The second kappa shape index (κ2) is 6.39. The number of aryl methyl sites for hydroxylation is 1. The van der Waals surface area contributed by atoms with Crippen molar-refractivity contribution in [2.45, 2.75) is 57.4 Å². The number of carbonyl (C=O) groups is 2. The topological polar surface area (TPSA) is 66.4 Å². The van der Waals surface area contributed by atoms with Crippen molar-refractivity contribution < 1.29 is 14.7 Å². The van der Waals surface area contributed by atoms with E-state index < -0.39 is 11.5 Å². The predicted molar refractivity (Wildman–Crippen MR) is 79.0 cm³/mol. The van der Waals surface area contributed by atoms with E-state index in [1.54, 1.807) is 11.3 Å². The molecule has 110 valence electrons. The lowest BCUT2D eigenvalue weighted by molar-refractivity contribution is -0.148. The molecule has 1 aromatic rings. The number of aliphatic carboxylic acids is 1. The molecule has 1 aliphatic rings. The van der Waals surface area contributed by atoms with Crippen LogP contribution in [0.4, 0.5) is 0 Å². The number of carboxylic acids is 1. The summed E-state index contributed by atoms with van der Waals surface area (Å²) in [5.74, 6) is -1.08. The standard InChI is InChI=1S/C15H21NO3S/c1-11-6-7-12(20-11)10-13(17)16-15(14(18)19)8-4-2-3-5-9-15/h6-7H,2-5,8-10H2,1H3,(H,16,17)(H,18,19). The molecular weight excluding hydrogens is 274 g/mol. The maximum Gasteiger partial charge on any atom is 0.329 e. The van der Waals surface area contributed by atoms with Gasteiger partial charge in [0.2, 0.25) is 5.91 Å². The number of hydrogen-bond donors (Lipinski definition) is 2. The van der Waals surface area contributed by atoms with E-state index in [0.29, 0.717) is 12.8 Å². The van der Waals surface area contributed by atoms with Crippen LogP contribution in [0.15, 0.2) is 12.1 Å². The van der Waals surface area contributed by atoms with Gasteiger partial charge in [-0.15, -0.1) is 11.3 Å². The fraction of sp³-hybridized carbons (Fsp3) is 0.600. The zero-order valence-corrected chi connectivity index (χ0v) is 12.6. The van der Waals surface area contributed by atoms with Crippen LogP contribution in [0.1, 0.15) is 48.3 Å². The second-order valence-corrected chi connectivity index (χ2v) is 6.91. The molecule has 1 fully saturated rings. The van der Waals surface area contributed by atoms with Gasteiger partial charge in [0.15, 0.2) is 0 Å². The Morgan fingerprint density at radius 3 is 2.40 bits per heavy atom. The number of carboxylic acid groups (broad SMARTS) is 1. The van der Waals surface area contributed by atoms with Crippen LogP contribution in [0.2, 0.25) is 0 Å². The van der Waals surface area contributed by atoms with E-state index in [2.05, 4.69) is 5.32 Å². The predicted octanol–water partition coefficient (Wildman–Crippen LogP) is 2.89. The highest BCUT2D eigenvalue weighted by Gasteiger charge is 2.39. The van der Waals surface area contributed by atoms with E-state index in [0.717, 1.165) is 35.4 Å². The largest absolute Gasteiger partial charge is 0.480 e. The minimum absolute atomic E-state index is 0.184. The van der Waals surface area contributed by atoms with Crippen LogP contribution in [0.3, 0.4) is 0 Å². The van der Waals surface area contributed by atoms with Gasteiger partial charge in [-0.05, 0) is 31.9 Å². The van der Waals surface area contributed by atoms with Crippen molar-refractivity contribution in [3.8, 4) is 0 Å². The lowest BCUT2D eigenvalue weighted by Crippen LogP contribution is -2.54. The molecule has 5 heteroatoms. The van der Waals surface area contributed by atoms with Crippen molar-refractivity contribution in [3.63, 3.8) is 0 Å². The molecule has 0 spiro atoms. The average Bonchev–Trinajstić information content (AvgIpc) is 2.64. The summed E-state index contributed by atoms with van der Waals surface area (Å²) in [6.07, 6.45) is 5.18. The monoisotopic (exact) mass is 295 g/mol. The number of thiophene rings is 1.